The van der Waals surface area contributed by atoms with Crippen LogP contribution in [0.3, 0.4) is 0 Å². The second-order valence-corrected chi connectivity index (χ2v) is 6.04. The van der Waals surface area contributed by atoms with E-state index >= 15 is 0 Å². The second kappa shape index (κ2) is 6.88. The molecule has 0 unspecified atom stereocenters. The summed E-state index contributed by atoms with van der Waals surface area (Å²) in [6.07, 6.45) is 1.20. The number of hydrogen-bond acceptors (Lipinski definition) is 4. The molecule has 7 nitrogen and oxygen atoms in total. The van der Waals surface area contributed by atoms with Crippen LogP contribution < -0.4 is 16.6 Å². The van der Waals surface area contributed by atoms with Gasteiger partial charge in [-0.05, 0) is 31.2 Å². The van der Waals surface area contributed by atoms with E-state index < -0.39 is 5.82 Å². The summed E-state index contributed by atoms with van der Waals surface area (Å²) in [5.74, 6) is -0.494. The third-order valence-electron chi connectivity index (χ3n) is 4.25. The first kappa shape index (κ1) is 16.3. The molecule has 1 aliphatic heterocycles. The van der Waals surface area contributed by atoms with E-state index in [1.807, 2.05) is 0 Å². The third-order valence-corrected chi connectivity index (χ3v) is 4.25. The lowest BCUT2D eigenvalue weighted by Crippen LogP contribution is -2.26. The van der Waals surface area contributed by atoms with Crippen LogP contribution in [0.15, 0.2) is 29.1 Å². The number of H-pyrrole nitrogens is 2. The Morgan fingerprint density at radius 3 is 2.96 bits per heavy atom. The summed E-state index contributed by atoms with van der Waals surface area (Å²) in [7, 11) is 0. The van der Waals surface area contributed by atoms with E-state index in [1.54, 1.807) is 6.07 Å². The lowest BCUT2D eigenvalue weighted by molar-refractivity contribution is -0.116. The molecule has 1 saturated heterocycles. The Morgan fingerprint density at radius 2 is 2.21 bits per heavy atom. The van der Waals surface area contributed by atoms with Crippen LogP contribution in [0.4, 0.5) is 15.8 Å². The highest BCUT2D eigenvalue weighted by atomic mass is 19.1. The number of rotatable bonds is 5. The number of carbonyl (C=O) groups is 1. The molecule has 0 aliphatic carbocycles. The summed E-state index contributed by atoms with van der Waals surface area (Å²) in [6, 6.07) is 5.65. The smallest absolute Gasteiger partial charge is 0.264 e. The fourth-order valence-electron chi connectivity index (χ4n) is 2.97. The summed E-state index contributed by atoms with van der Waals surface area (Å²) in [5.41, 5.74) is 6.86. The van der Waals surface area contributed by atoms with Crippen molar-refractivity contribution in [1.29, 1.82) is 0 Å². The van der Waals surface area contributed by atoms with Gasteiger partial charge in [-0.25, -0.2) is 4.39 Å². The van der Waals surface area contributed by atoms with Gasteiger partial charge in [0, 0.05) is 42.9 Å². The van der Waals surface area contributed by atoms with Crippen molar-refractivity contribution in [2.24, 2.45) is 0 Å². The van der Waals surface area contributed by atoms with Gasteiger partial charge in [-0.3, -0.25) is 14.7 Å². The summed E-state index contributed by atoms with van der Waals surface area (Å²) < 4.78 is 13.6. The fourth-order valence-corrected chi connectivity index (χ4v) is 2.97. The molecular weight excluding hydrogens is 313 g/mol. The number of anilines is 2. The van der Waals surface area contributed by atoms with Gasteiger partial charge < -0.3 is 21.0 Å². The number of nitrogens with zero attached hydrogens (tertiary/aromatic N) is 1. The van der Waals surface area contributed by atoms with Gasteiger partial charge in [-0.1, -0.05) is 0 Å². The number of aromatic nitrogens is 2. The quantitative estimate of drug-likeness (QED) is 0.618. The summed E-state index contributed by atoms with van der Waals surface area (Å²) >= 11 is 0. The highest BCUT2D eigenvalue weighted by Gasteiger charge is 2.25. The summed E-state index contributed by atoms with van der Waals surface area (Å²) in [6.45, 7) is 2.23. The van der Waals surface area contributed by atoms with Gasteiger partial charge in [-0.2, -0.15) is 0 Å². The van der Waals surface area contributed by atoms with Gasteiger partial charge in [0.1, 0.15) is 5.82 Å². The number of amides is 1. The molecule has 2 aromatic rings. The third kappa shape index (κ3) is 3.83. The first-order valence-electron chi connectivity index (χ1n) is 7.86. The Bertz CT molecular complexity index is 785. The molecule has 0 bridgehead atoms. The zero-order chi connectivity index (χ0) is 17.1. The van der Waals surface area contributed by atoms with Crippen LogP contribution in [-0.4, -0.2) is 40.6 Å². The van der Waals surface area contributed by atoms with Crippen molar-refractivity contribution in [3.8, 4) is 0 Å². The maximum absolute atomic E-state index is 13.6. The molecule has 2 heterocycles. The number of nitrogens with one attached hydrogen (secondary N) is 3. The number of halogens is 1. The fraction of sp³-hybridized carbons (Fsp3) is 0.375. The van der Waals surface area contributed by atoms with E-state index in [0.717, 1.165) is 25.2 Å². The minimum Gasteiger partial charge on any atom is -0.399 e. The zero-order valence-corrected chi connectivity index (χ0v) is 13.1. The maximum atomic E-state index is 13.6. The number of benzene rings is 1. The van der Waals surface area contributed by atoms with Crippen LogP contribution in [0.25, 0.3) is 0 Å². The van der Waals surface area contributed by atoms with Crippen molar-refractivity contribution in [1.82, 2.24) is 15.1 Å². The van der Waals surface area contributed by atoms with Gasteiger partial charge in [0.25, 0.3) is 5.56 Å². The molecule has 0 spiro atoms. The normalized spacial score (nSPS) is 18.0. The standard InChI is InChI=1S/C16H20FN5O2/c17-12-2-1-11(18)7-14(12)19-15(23)4-6-22-5-3-10(9-22)13-8-16(24)21-20-13/h1-2,7-8,10H,3-6,9,18H2,(H,19,23)(H2,20,21,24)/t10-/m1/s1. The Balaban J connectivity index is 1.48. The van der Waals surface area contributed by atoms with Crippen LogP contribution in [0, 0.1) is 5.82 Å². The zero-order valence-electron chi connectivity index (χ0n) is 13.1. The minimum atomic E-state index is -0.504. The van der Waals surface area contributed by atoms with Crippen molar-refractivity contribution in [2.45, 2.75) is 18.8 Å². The van der Waals surface area contributed by atoms with Crippen LogP contribution in [0.1, 0.15) is 24.5 Å². The molecule has 8 heteroatoms. The van der Waals surface area contributed by atoms with Crippen LogP contribution in [0.2, 0.25) is 0 Å². The molecule has 3 rings (SSSR count). The van der Waals surface area contributed by atoms with Gasteiger partial charge >= 0.3 is 0 Å². The van der Waals surface area contributed by atoms with Crippen molar-refractivity contribution in [3.63, 3.8) is 0 Å². The van der Waals surface area contributed by atoms with Crippen LogP contribution in [0.5, 0.6) is 0 Å². The molecule has 1 atom stereocenters. The molecule has 1 amide bonds. The van der Waals surface area contributed by atoms with E-state index in [-0.39, 0.29) is 29.5 Å². The van der Waals surface area contributed by atoms with Crippen molar-refractivity contribution in [2.75, 3.05) is 30.7 Å². The molecule has 1 aromatic heterocycles. The lowest BCUT2D eigenvalue weighted by Gasteiger charge is -2.15. The number of nitrogens with two attached hydrogens (primary N) is 1. The number of nitrogen functional groups attached to an aromatic ring is 1. The second-order valence-electron chi connectivity index (χ2n) is 6.04. The van der Waals surface area contributed by atoms with Gasteiger partial charge in [-0.15, -0.1) is 0 Å². The van der Waals surface area contributed by atoms with E-state index in [9.17, 15) is 14.0 Å². The Hall–Kier alpha value is -2.61. The number of hydrogen-bond donors (Lipinski definition) is 4. The topological polar surface area (TPSA) is 107 Å². The van der Waals surface area contributed by atoms with E-state index in [2.05, 4.69) is 20.4 Å². The Kier molecular flexibility index (Phi) is 4.66. The molecule has 128 valence electrons. The predicted molar refractivity (Wildman–Crippen MR) is 89.3 cm³/mol. The molecule has 24 heavy (non-hydrogen) atoms. The van der Waals surface area contributed by atoms with Crippen LogP contribution in [-0.2, 0) is 4.79 Å². The number of carbonyl (C=O) groups excluding carboxylic acids is 1. The average Bonchev–Trinajstić information content (AvgIpc) is 3.17. The van der Waals surface area contributed by atoms with E-state index in [0.29, 0.717) is 12.2 Å². The summed E-state index contributed by atoms with van der Waals surface area (Å²) in [5, 5.41) is 7.97. The van der Waals surface area contributed by atoms with Gasteiger partial charge in [0.15, 0.2) is 0 Å². The molecule has 5 N–H and O–H groups in total. The first-order valence-corrected chi connectivity index (χ1v) is 7.86. The maximum Gasteiger partial charge on any atom is 0.264 e. The molecule has 1 aromatic carbocycles. The highest BCUT2D eigenvalue weighted by molar-refractivity contribution is 5.91. The van der Waals surface area contributed by atoms with Crippen molar-refractivity contribution >= 4 is 17.3 Å². The molecule has 1 fully saturated rings. The molecule has 1 aliphatic rings. The van der Waals surface area contributed by atoms with Crippen molar-refractivity contribution < 1.29 is 9.18 Å². The Morgan fingerprint density at radius 1 is 1.38 bits per heavy atom. The van der Waals surface area contributed by atoms with Crippen molar-refractivity contribution in [3.05, 3.63) is 46.1 Å². The van der Waals surface area contributed by atoms with Gasteiger partial charge in [0.05, 0.1) is 5.69 Å². The monoisotopic (exact) mass is 333 g/mol. The first-order chi connectivity index (χ1) is 11.5. The lowest BCUT2D eigenvalue weighted by atomic mass is 10.1. The molecule has 0 saturated carbocycles. The molecular formula is C16H20FN5O2. The highest BCUT2D eigenvalue weighted by Crippen LogP contribution is 2.25. The number of likely N-dealkylation sites (tertiary alicyclic amines) is 1. The predicted octanol–water partition coefficient (Wildman–Crippen LogP) is 1.24. The van der Waals surface area contributed by atoms with E-state index in [1.165, 1.54) is 18.2 Å². The minimum absolute atomic E-state index is 0.101. The SMILES string of the molecule is Nc1ccc(F)c(NC(=O)CCN2CC[C@@H](c3cc(=O)[nH][nH]3)C2)c1. The Labute approximate surface area is 138 Å². The average molecular weight is 333 g/mol. The molecule has 0 radical (unpaired) electrons. The number of aromatic amines is 2. The van der Waals surface area contributed by atoms with Crippen LogP contribution >= 0.6 is 0 Å². The van der Waals surface area contributed by atoms with E-state index in [4.69, 9.17) is 5.73 Å². The summed E-state index contributed by atoms with van der Waals surface area (Å²) in [4.78, 5) is 25.3. The largest absolute Gasteiger partial charge is 0.399 e. The van der Waals surface area contributed by atoms with Gasteiger partial charge in [0.2, 0.25) is 5.91 Å².